The number of nitrogens with two attached hydrogens (primary N) is 1. The predicted molar refractivity (Wildman–Crippen MR) is 78.8 cm³/mol. The Morgan fingerprint density at radius 2 is 2.19 bits per heavy atom. The Hall–Kier alpha value is -2.31. The van der Waals surface area contributed by atoms with Crippen LogP contribution in [0.4, 0.5) is 16.4 Å². The first-order valence-electron chi connectivity index (χ1n) is 6.77. The second-order valence-corrected chi connectivity index (χ2v) is 5.97. The van der Waals surface area contributed by atoms with Crippen LogP contribution in [0.25, 0.3) is 0 Å². The van der Waals surface area contributed by atoms with E-state index in [-0.39, 0.29) is 18.4 Å². The van der Waals surface area contributed by atoms with Gasteiger partial charge in [0.05, 0.1) is 6.04 Å². The molecule has 1 aliphatic heterocycles. The molecule has 114 valence electrons. The van der Waals surface area contributed by atoms with Crippen molar-refractivity contribution in [2.24, 2.45) is 0 Å². The molecular weight excluding hydrogens is 272 g/mol. The molecule has 0 saturated carbocycles. The van der Waals surface area contributed by atoms with Gasteiger partial charge in [0.2, 0.25) is 5.91 Å². The summed E-state index contributed by atoms with van der Waals surface area (Å²) in [6.07, 6.45) is -0.307. The molecule has 3 N–H and O–H groups in total. The summed E-state index contributed by atoms with van der Waals surface area (Å²) in [7, 11) is 0. The van der Waals surface area contributed by atoms with Gasteiger partial charge in [-0.05, 0) is 32.9 Å². The minimum Gasteiger partial charge on any atom is -0.444 e. The van der Waals surface area contributed by atoms with Crippen LogP contribution in [0, 0.1) is 0 Å². The third-order valence-corrected chi connectivity index (χ3v) is 2.88. The lowest BCUT2D eigenvalue weighted by atomic mass is 10.2. The molecule has 0 radical (unpaired) electrons. The van der Waals surface area contributed by atoms with Crippen molar-refractivity contribution < 1.29 is 14.3 Å². The molecule has 1 aliphatic rings. The first kappa shape index (κ1) is 15.1. The summed E-state index contributed by atoms with van der Waals surface area (Å²) in [5.41, 5.74) is 5.05. The van der Waals surface area contributed by atoms with Crippen LogP contribution >= 0.6 is 0 Å². The zero-order valence-corrected chi connectivity index (χ0v) is 12.4. The van der Waals surface area contributed by atoms with Crippen LogP contribution in [-0.2, 0) is 9.53 Å². The fourth-order valence-corrected chi connectivity index (χ4v) is 2.09. The standard InChI is InChI=1S/C14H20N4O3/c1-14(2,3)21-13(20)16-9-7-12(19)18(8-9)11-6-4-5-10(15)17-11/h4-6,9H,7-8H2,1-3H3,(H2,15,17)(H,16,20). The predicted octanol–water partition coefficient (Wildman–Crippen LogP) is 1.29. The third-order valence-electron chi connectivity index (χ3n) is 2.88. The summed E-state index contributed by atoms with van der Waals surface area (Å²) in [6, 6.07) is 4.81. The van der Waals surface area contributed by atoms with E-state index in [0.717, 1.165) is 0 Å². The van der Waals surface area contributed by atoms with Crippen molar-refractivity contribution in [1.82, 2.24) is 10.3 Å². The Kier molecular flexibility index (Phi) is 4.02. The molecule has 1 aromatic heterocycles. The molecule has 7 heteroatoms. The van der Waals surface area contributed by atoms with Gasteiger partial charge in [0.15, 0.2) is 0 Å². The van der Waals surface area contributed by atoms with Crippen LogP contribution in [0.2, 0.25) is 0 Å². The van der Waals surface area contributed by atoms with Crippen LogP contribution in [0.3, 0.4) is 0 Å². The molecule has 2 heterocycles. The number of amides is 2. The van der Waals surface area contributed by atoms with Gasteiger partial charge in [0, 0.05) is 13.0 Å². The highest BCUT2D eigenvalue weighted by Crippen LogP contribution is 2.20. The van der Waals surface area contributed by atoms with Crippen LogP contribution in [-0.4, -0.2) is 35.2 Å². The van der Waals surface area contributed by atoms with Gasteiger partial charge in [0.25, 0.3) is 0 Å². The molecule has 1 fully saturated rings. The average Bonchev–Trinajstić information content (AvgIpc) is 2.67. The van der Waals surface area contributed by atoms with E-state index in [4.69, 9.17) is 10.5 Å². The van der Waals surface area contributed by atoms with E-state index >= 15 is 0 Å². The molecule has 0 spiro atoms. The van der Waals surface area contributed by atoms with Crippen molar-refractivity contribution in [3.05, 3.63) is 18.2 Å². The first-order valence-corrected chi connectivity index (χ1v) is 6.77. The number of anilines is 2. The zero-order chi connectivity index (χ0) is 15.6. The lowest BCUT2D eigenvalue weighted by Gasteiger charge is -2.21. The Labute approximate surface area is 123 Å². The summed E-state index contributed by atoms with van der Waals surface area (Å²) in [6.45, 7) is 5.72. The number of carbonyl (C=O) groups excluding carboxylic acids is 2. The van der Waals surface area contributed by atoms with E-state index < -0.39 is 11.7 Å². The van der Waals surface area contributed by atoms with E-state index in [1.807, 2.05) is 0 Å². The van der Waals surface area contributed by atoms with E-state index in [1.165, 1.54) is 4.90 Å². The normalized spacial score (nSPS) is 18.7. The number of nitrogens with one attached hydrogen (secondary N) is 1. The lowest BCUT2D eigenvalue weighted by Crippen LogP contribution is -2.40. The molecule has 21 heavy (non-hydrogen) atoms. The van der Waals surface area contributed by atoms with Gasteiger partial charge < -0.3 is 15.8 Å². The Morgan fingerprint density at radius 3 is 2.81 bits per heavy atom. The smallest absolute Gasteiger partial charge is 0.407 e. The molecule has 1 aromatic rings. The van der Waals surface area contributed by atoms with Crippen molar-refractivity contribution in [2.75, 3.05) is 17.2 Å². The van der Waals surface area contributed by atoms with Crippen LogP contribution in [0.5, 0.6) is 0 Å². The van der Waals surface area contributed by atoms with E-state index in [2.05, 4.69) is 10.3 Å². The SMILES string of the molecule is CC(C)(C)OC(=O)NC1CC(=O)N(c2cccc(N)n2)C1. The quantitative estimate of drug-likeness (QED) is 0.856. The average molecular weight is 292 g/mol. The van der Waals surface area contributed by atoms with Gasteiger partial charge in [-0.1, -0.05) is 6.07 Å². The summed E-state index contributed by atoms with van der Waals surface area (Å²) >= 11 is 0. The molecule has 0 aliphatic carbocycles. The van der Waals surface area contributed by atoms with Crippen molar-refractivity contribution in [2.45, 2.75) is 38.8 Å². The minimum atomic E-state index is -0.568. The van der Waals surface area contributed by atoms with Gasteiger partial charge in [-0.3, -0.25) is 9.69 Å². The second-order valence-electron chi connectivity index (χ2n) is 5.97. The molecule has 1 unspecified atom stereocenters. The molecular formula is C14H20N4O3. The molecule has 7 nitrogen and oxygen atoms in total. The maximum absolute atomic E-state index is 12.0. The molecule has 1 atom stereocenters. The highest BCUT2D eigenvalue weighted by molar-refractivity contribution is 5.95. The highest BCUT2D eigenvalue weighted by atomic mass is 16.6. The molecule has 0 bridgehead atoms. The van der Waals surface area contributed by atoms with Crippen molar-refractivity contribution in [3.8, 4) is 0 Å². The number of pyridine rings is 1. The number of rotatable bonds is 2. The largest absolute Gasteiger partial charge is 0.444 e. The number of hydrogen-bond acceptors (Lipinski definition) is 5. The molecule has 1 saturated heterocycles. The topological polar surface area (TPSA) is 97.5 Å². The van der Waals surface area contributed by atoms with Gasteiger partial charge >= 0.3 is 6.09 Å². The maximum Gasteiger partial charge on any atom is 0.407 e. The fraction of sp³-hybridized carbons (Fsp3) is 0.500. The minimum absolute atomic E-state index is 0.103. The Balaban J connectivity index is 1.98. The summed E-state index contributed by atoms with van der Waals surface area (Å²) in [4.78, 5) is 29.4. The van der Waals surface area contributed by atoms with Crippen molar-refractivity contribution in [3.63, 3.8) is 0 Å². The Morgan fingerprint density at radius 1 is 1.48 bits per heavy atom. The Bertz CT molecular complexity index is 553. The van der Waals surface area contributed by atoms with Gasteiger partial charge in [-0.15, -0.1) is 0 Å². The number of nitrogen functional groups attached to an aromatic ring is 1. The third kappa shape index (κ3) is 4.08. The summed E-state index contributed by atoms with van der Waals surface area (Å²) in [5.74, 6) is 0.742. The number of hydrogen-bond donors (Lipinski definition) is 2. The number of aromatic nitrogens is 1. The summed E-state index contributed by atoms with van der Waals surface area (Å²) < 4.78 is 5.18. The van der Waals surface area contributed by atoms with E-state index in [0.29, 0.717) is 18.2 Å². The van der Waals surface area contributed by atoms with Gasteiger partial charge in [0.1, 0.15) is 17.2 Å². The van der Waals surface area contributed by atoms with Crippen molar-refractivity contribution >= 4 is 23.6 Å². The summed E-state index contributed by atoms with van der Waals surface area (Å²) in [5, 5.41) is 2.70. The first-order chi connectivity index (χ1) is 9.74. The van der Waals surface area contributed by atoms with E-state index in [1.54, 1.807) is 39.0 Å². The molecule has 0 aromatic carbocycles. The fourth-order valence-electron chi connectivity index (χ4n) is 2.09. The maximum atomic E-state index is 12.0. The van der Waals surface area contributed by atoms with Crippen LogP contribution in [0.1, 0.15) is 27.2 Å². The zero-order valence-electron chi connectivity index (χ0n) is 12.4. The van der Waals surface area contributed by atoms with Gasteiger partial charge in [-0.25, -0.2) is 9.78 Å². The number of nitrogens with zero attached hydrogens (tertiary/aromatic N) is 2. The highest BCUT2D eigenvalue weighted by Gasteiger charge is 2.33. The molecule has 2 amide bonds. The van der Waals surface area contributed by atoms with Crippen LogP contribution < -0.4 is 16.0 Å². The number of ether oxygens (including phenoxy) is 1. The monoisotopic (exact) mass is 292 g/mol. The van der Waals surface area contributed by atoms with E-state index in [9.17, 15) is 9.59 Å². The molecule has 2 rings (SSSR count). The number of alkyl carbamates (subject to hydrolysis) is 1. The second kappa shape index (κ2) is 5.59. The van der Waals surface area contributed by atoms with Gasteiger partial charge in [-0.2, -0.15) is 0 Å². The van der Waals surface area contributed by atoms with Crippen LogP contribution in [0.15, 0.2) is 18.2 Å². The number of carbonyl (C=O) groups is 2. The lowest BCUT2D eigenvalue weighted by molar-refractivity contribution is -0.117. The van der Waals surface area contributed by atoms with Crippen molar-refractivity contribution in [1.29, 1.82) is 0 Å².